The molecule has 1 amide bonds. The Bertz CT molecular complexity index is 579. The van der Waals surface area contributed by atoms with Gasteiger partial charge in [0.25, 0.3) is 11.5 Å². The number of hydrogen-bond acceptors (Lipinski definition) is 4. The van der Waals surface area contributed by atoms with E-state index in [9.17, 15) is 9.59 Å². The summed E-state index contributed by atoms with van der Waals surface area (Å²) in [5.74, 6) is -0.317. The third-order valence-corrected chi connectivity index (χ3v) is 3.80. The lowest BCUT2D eigenvalue weighted by atomic mass is 10.1. The van der Waals surface area contributed by atoms with Crippen molar-refractivity contribution >= 4 is 5.91 Å². The summed E-state index contributed by atoms with van der Waals surface area (Å²) >= 11 is 0. The standard InChI is InChI=1S/C16H27N3O3/c1-6-14-12(2)11-13(15(21)18(14)5)16(22)19(9-10-20)8-7-17(3)4/h11,20H,6-10H2,1-5H3. The van der Waals surface area contributed by atoms with Gasteiger partial charge in [-0.1, -0.05) is 6.92 Å². The molecule has 0 aliphatic rings. The molecule has 22 heavy (non-hydrogen) atoms. The van der Waals surface area contributed by atoms with E-state index in [1.165, 1.54) is 4.90 Å². The molecule has 1 rings (SSSR count). The predicted molar refractivity (Wildman–Crippen MR) is 87.3 cm³/mol. The predicted octanol–water partition coefficient (Wildman–Crippen LogP) is 0.252. The number of aryl methyl sites for hydroxylation is 1. The number of rotatable bonds is 7. The van der Waals surface area contributed by atoms with Crippen molar-refractivity contribution in [3.05, 3.63) is 33.2 Å². The number of carbonyl (C=O) groups is 1. The van der Waals surface area contributed by atoms with Crippen LogP contribution in [-0.4, -0.2) is 65.7 Å². The van der Waals surface area contributed by atoms with Crippen molar-refractivity contribution in [2.45, 2.75) is 20.3 Å². The van der Waals surface area contributed by atoms with Crippen LogP contribution in [0.15, 0.2) is 10.9 Å². The minimum atomic E-state index is -0.317. The van der Waals surface area contributed by atoms with Crippen molar-refractivity contribution in [2.24, 2.45) is 7.05 Å². The van der Waals surface area contributed by atoms with Crippen LogP contribution in [0.25, 0.3) is 0 Å². The van der Waals surface area contributed by atoms with E-state index in [1.54, 1.807) is 17.7 Å². The fraction of sp³-hybridized carbons (Fsp3) is 0.625. The molecule has 0 fully saturated rings. The molecule has 0 aromatic carbocycles. The van der Waals surface area contributed by atoms with E-state index in [2.05, 4.69) is 0 Å². The average Bonchev–Trinajstić information content (AvgIpc) is 2.47. The summed E-state index contributed by atoms with van der Waals surface area (Å²) in [6.45, 7) is 5.15. The largest absolute Gasteiger partial charge is 0.395 e. The Morgan fingerprint density at radius 3 is 2.41 bits per heavy atom. The second-order valence-electron chi connectivity index (χ2n) is 5.72. The van der Waals surface area contributed by atoms with Crippen LogP contribution in [0.4, 0.5) is 0 Å². The van der Waals surface area contributed by atoms with Crippen LogP contribution in [0.5, 0.6) is 0 Å². The third-order valence-electron chi connectivity index (χ3n) is 3.80. The van der Waals surface area contributed by atoms with E-state index in [1.807, 2.05) is 32.8 Å². The molecule has 0 saturated carbocycles. The van der Waals surface area contributed by atoms with Crippen LogP contribution in [0.1, 0.15) is 28.5 Å². The summed E-state index contributed by atoms with van der Waals surface area (Å²) in [4.78, 5) is 28.6. The van der Waals surface area contributed by atoms with Gasteiger partial charge in [-0.3, -0.25) is 9.59 Å². The van der Waals surface area contributed by atoms with Gasteiger partial charge in [-0.15, -0.1) is 0 Å². The summed E-state index contributed by atoms with van der Waals surface area (Å²) in [6, 6.07) is 1.67. The topological polar surface area (TPSA) is 65.8 Å². The molecule has 6 nitrogen and oxygen atoms in total. The highest BCUT2D eigenvalue weighted by molar-refractivity contribution is 5.94. The first-order valence-electron chi connectivity index (χ1n) is 7.57. The highest BCUT2D eigenvalue weighted by Crippen LogP contribution is 2.09. The van der Waals surface area contributed by atoms with Gasteiger partial charge < -0.3 is 19.5 Å². The quantitative estimate of drug-likeness (QED) is 0.784. The van der Waals surface area contributed by atoms with Gasteiger partial charge in [-0.05, 0) is 39.1 Å². The molecule has 124 valence electrons. The van der Waals surface area contributed by atoms with Crippen molar-refractivity contribution in [1.29, 1.82) is 0 Å². The van der Waals surface area contributed by atoms with Gasteiger partial charge >= 0.3 is 0 Å². The smallest absolute Gasteiger partial charge is 0.263 e. The fourth-order valence-electron chi connectivity index (χ4n) is 2.53. The molecule has 1 aromatic rings. The van der Waals surface area contributed by atoms with E-state index >= 15 is 0 Å². The molecule has 0 unspecified atom stereocenters. The van der Waals surface area contributed by atoms with E-state index in [4.69, 9.17) is 5.11 Å². The number of carbonyl (C=O) groups excluding carboxylic acids is 1. The Balaban J connectivity index is 3.16. The molecule has 0 radical (unpaired) electrons. The fourth-order valence-corrected chi connectivity index (χ4v) is 2.53. The summed E-state index contributed by atoms with van der Waals surface area (Å²) in [5, 5.41) is 9.17. The van der Waals surface area contributed by atoms with Gasteiger partial charge in [0.2, 0.25) is 0 Å². The zero-order valence-corrected chi connectivity index (χ0v) is 14.2. The molecule has 6 heteroatoms. The summed E-state index contributed by atoms with van der Waals surface area (Å²) in [6.07, 6.45) is 0.743. The third kappa shape index (κ3) is 4.18. The molecule has 0 aliphatic heterocycles. The van der Waals surface area contributed by atoms with Crippen LogP contribution in [0.3, 0.4) is 0 Å². The molecule has 1 aromatic heterocycles. The highest BCUT2D eigenvalue weighted by atomic mass is 16.3. The molecule has 0 atom stereocenters. The Hall–Kier alpha value is -1.66. The van der Waals surface area contributed by atoms with Gasteiger partial charge in [0.1, 0.15) is 5.56 Å². The number of pyridine rings is 1. The van der Waals surface area contributed by atoms with Crippen molar-refractivity contribution in [2.75, 3.05) is 40.3 Å². The molecule has 0 spiro atoms. The van der Waals surface area contributed by atoms with Crippen LogP contribution in [0.2, 0.25) is 0 Å². The van der Waals surface area contributed by atoms with E-state index in [0.717, 1.165) is 17.7 Å². The molecule has 1 N–H and O–H groups in total. The van der Waals surface area contributed by atoms with Gasteiger partial charge in [-0.2, -0.15) is 0 Å². The normalized spacial score (nSPS) is 11.0. The first kappa shape index (κ1) is 18.4. The maximum absolute atomic E-state index is 12.7. The SMILES string of the molecule is CCc1c(C)cc(C(=O)N(CCO)CCN(C)C)c(=O)n1C. The lowest BCUT2D eigenvalue weighted by Gasteiger charge is -2.24. The summed E-state index contributed by atoms with van der Waals surface area (Å²) in [5.41, 5.74) is 1.76. The Morgan fingerprint density at radius 1 is 1.27 bits per heavy atom. The minimum absolute atomic E-state index is 0.120. The van der Waals surface area contributed by atoms with Gasteiger partial charge in [0.15, 0.2) is 0 Å². The average molecular weight is 309 g/mol. The van der Waals surface area contributed by atoms with Gasteiger partial charge in [0, 0.05) is 32.4 Å². The monoisotopic (exact) mass is 309 g/mol. The second-order valence-corrected chi connectivity index (χ2v) is 5.72. The van der Waals surface area contributed by atoms with Gasteiger partial charge in [-0.25, -0.2) is 0 Å². The molecular formula is C16H27N3O3. The van der Waals surface area contributed by atoms with Crippen molar-refractivity contribution in [1.82, 2.24) is 14.4 Å². The lowest BCUT2D eigenvalue weighted by molar-refractivity contribution is 0.0707. The zero-order valence-electron chi connectivity index (χ0n) is 14.2. The van der Waals surface area contributed by atoms with Crippen molar-refractivity contribution in [3.8, 4) is 0 Å². The first-order valence-corrected chi connectivity index (χ1v) is 7.57. The summed E-state index contributed by atoms with van der Waals surface area (Å²) < 4.78 is 1.55. The highest BCUT2D eigenvalue weighted by Gasteiger charge is 2.21. The molecule has 1 heterocycles. The van der Waals surface area contributed by atoms with E-state index < -0.39 is 0 Å². The van der Waals surface area contributed by atoms with Crippen molar-refractivity contribution < 1.29 is 9.90 Å². The maximum atomic E-state index is 12.7. The molecule has 0 bridgehead atoms. The Morgan fingerprint density at radius 2 is 1.91 bits per heavy atom. The number of amides is 1. The number of aliphatic hydroxyl groups excluding tert-OH is 1. The van der Waals surface area contributed by atoms with Crippen molar-refractivity contribution in [3.63, 3.8) is 0 Å². The molecule has 0 saturated heterocycles. The number of hydrogen-bond donors (Lipinski definition) is 1. The number of aromatic nitrogens is 1. The van der Waals surface area contributed by atoms with Gasteiger partial charge in [0.05, 0.1) is 6.61 Å². The number of aliphatic hydroxyl groups is 1. The minimum Gasteiger partial charge on any atom is -0.395 e. The van der Waals surface area contributed by atoms with Crippen LogP contribution in [-0.2, 0) is 13.5 Å². The second kappa shape index (κ2) is 8.10. The molecular weight excluding hydrogens is 282 g/mol. The lowest BCUT2D eigenvalue weighted by Crippen LogP contribution is -2.41. The number of nitrogens with zero attached hydrogens (tertiary/aromatic N) is 3. The van der Waals surface area contributed by atoms with E-state index in [-0.39, 0.29) is 30.2 Å². The first-order chi connectivity index (χ1) is 10.3. The molecule has 0 aliphatic carbocycles. The van der Waals surface area contributed by atoms with Crippen LogP contribution >= 0.6 is 0 Å². The zero-order chi connectivity index (χ0) is 16.9. The van der Waals surface area contributed by atoms with Crippen LogP contribution < -0.4 is 5.56 Å². The summed E-state index contributed by atoms with van der Waals surface area (Å²) in [7, 11) is 5.53. The number of likely N-dealkylation sites (N-methyl/N-ethyl adjacent to an activating group) is 1. The van der Waals surface area contributed by atoms with E-state index in [0.29, 0.717) is 13.1 Å². The van der Waals surface area contributed by atoms with Crippen LogP contribution in [0, 0.1) is 6.92 Å². The maximum Gasteiger partial charge on any atom is 0.263 e. The Kier molecular flexibility index (Phi) is 6.77. The Labute approximate surface area is 132 Å².